The maximum atomic E-state index is 11.0. The predicted molar refractivity (Wildman–Crippen MR) is 110 cm³/mol. The Morgan fingerprint density at radius 3 is 2.43 bits per heavy atom. The number of benzene rings is 3. The van der Waals surface area contributed by atoms with E-state index in [4.69, 9.17) is 4.74 Å². The summed E-state index contributed by atoms with van der Waals surface area (Å²) in [5.74, 6) is 0.830. The van der Waals surface area contributed by atoms with Gasteiger partial charge in [0.2, 0.25) is 0 Å². The largest absolute Gasteiger partial charge is 0.497 e. The van der Waals surface area contributed by atoms with Crippen molar-refractivity contribution < 1.29 is 9.66 Å². The zero-order chi connectivity index (χ0) is 19.7. The van der Waals surface area contributed by atoms with Gasteiger partial charge in [0.05, 0.1) is 18.1 Å². The smallest absolute Gasteiger partial charge is 0.269 e. The number of hydrogen-bond acceptors (Lipinski definition) is 4. The highest BCUT2D eigenvalue weighted by Crippen LogP contribution is 2.49. The molecule has 1 aliphatic heterocycles. The Bertz CT molecular complexity index is 1000. The number of non-ortho nitro benzene ring substituents is 1. The maximum Gasteiger partial charge on any atom is 0.269 e. The van der Waals surface area contributed by atoms with Crippen LogP contribution in [0.15, 0.2) is 72.8 Å². The molecule has 0 spiro atoms. The molecule has 0 aromatic heterocycles. The minimum atomic E-state index is -0.367. The van der Waals surface area contributed by atoms with Gasteiger partial charge in [-0.15, -0.1) is 0 Å². The molecule has 0 radical (unpaired) electrons. The summed E-state index contributed by atoms with van der Waals surface area (Å²) in [7, 11) is 1.68. The Morgan fingerprint density at radius 2 is 1.79 bits per heavy atom. The van der Waals surface area contributed by atoms with E-state index < -0.39 is 0 Å². The molecule has 0 bridgehead atoms. The van der Waals surface area contributed by atoms with E-state index in [1.807, 2.05) is 30.3 Å². The van der Waals surface area contributed by atoms with E-state index in [0.717, 1.165) is 23.4 Å². The molecule has 28 heavy (non-hydrogen) atoms. The van der Waals surface area contributed by atoms with Crippen LogP contribution in [0.5, 0.6) is 5.75 Å². The second kappa shape index (κ2) is 7.00. The lowest BCUT2D eigenvalue weighted by Gasteiger charge is -2.42. The molecule has 1 heterocycles. The van der Waals surface area contributed by atoms with Gasteiger partial charge in [-0.2, -0.15) is 0 Å². The highest BCUT2D eigenvalue weighted by molar-refractivity contribution is 5.64. The first-order valence-corrected chi connectivity index (χ1v) is 9.26. The zero-order valence-electron chi connectivity index (χ0n) is 15.9. The van der Waals surface area contributed by atoms with Crippen molar-refractivity contribution in [3.63, 3.8) is 0 Å². The van der Waals surface area contributed by atoms with Crippen LogP contribution in [0.2, 0.25) is 0 Å². The quantitative estimate of drug-likeness (QED) is 0.486. The fourth-order valence-electron chi connectivity index (χ4n) is 4.10. The number of fused-ring (bicyclic) bond motifs is 1. The first kappa shape index (κ1) is 18.0. The minimum Gasteiger partial charge on any atom is -0.497 e. The SMILES string of the molecule is COc1ccc2c(c1)[C@@](C)(c1ccccc1)C[C@@H](c1ccc([N+](=O)[O-])cc1)N2. The number of nitro groups is 1. The molecule has 0 saturated carbocycles. The lowest BCUT2D eigenvalue weighted by molar-refractivity contribution is -0.384. The van der Waals surface area contributed by atoms with Crippen LogP contribution in [-0.2, 0) is 5.41 Å². The number of nitrogens with one attached hydrogen (secondary N) is 1. The molecule has 1 aliphatic rings. The van der Waals surface area contributed by atoms with E-state index in [-0.39, 0.29) is 22.1 Å². The van der Waals surface area contributed by atoms with Crippen LogP contribution in [0, 0.1) is 10.1 Å². The van der Waals surface area contributed by atoms with Crippen LogP contribution in [0.25, 0.3) is 0 Å². The molecule has 5 heteroatoms. The summed E-state index contributed by atoms with van der Waals surface area (Å²) < 4.78 is 5.46. The molecule has 5 nitrogen and oxygen atoms in total. The molecule has 1 N–H and O–H groups in total. The molecule has 0 unspecified atom stereocenters. The molecule has 0 saturated heterocycles. The van der Waals surface area contributed by atoms with Crippen molar-refractivity contribution in [2.45, 2.75) is 24.8 Å². The maximum absolute atomic E-state index is 11.0. The molecule has 3 aromatic carbocycles. The normalized spacial score (nSPS) is 20.7. The Hall–Kier alpha value is -3.34. The van der Waals surface area contributed by atoms with Gasteiger partial charge in [-0.25, -0.2) is 0 Å². The molecule has 142 valence electrons. The summed E-state index contributed by atoms with van der Waals surface area (Å²) in [6.07, 6.45) is 0.828. The standard InChI is InChI=1S/C23H22N2O3/c1-23(17-6-4-3-5-7-17)15-22(16-8-10-18(11-9-16)25(26)27)24-21-13-12-19(28-2)14-20(21)23/h3-14,22,24H,15H2,1-2H3/t22-,23+/m0/s1. The summed E-state index contributed by atoms with van der Waals surface area (Å²) in [5.41, 5.74) is 4.41. The van der Waals surface area contributed by atoms with Crippen LogP contribution >= 0.6 is 0 Å². The predicted octanol–water partition coefficient (Wildman–Crippen LogP) is 5.47. The average molecular weight is 374 g/mol. The first-order valence-electron chi connectivity index (χ1n) is 9.26. The second-order valence-corrected chi connectivity index (χ2v) is 7.36. The van der Waals surface area contributed by atoms with Gasteiger partial charge in [-0.05, 0) is 41.3 Å². The lowest BCUT2D eigenvalue weighted by atomic mass is 9.68. The van der Waals surface area contributed by atoms with Gasteiger partial charge in [-0.3, -0.25) is 10.1 Å². The first-order chi connectivity index (χ1) is 13.5. The van der Waals surface area contributed by atoms with Crippen LogP contribution in [-0.4, -0.2) is 12.0 Å². The zero-order valence-corrected chi connectivity index (χ0v) is 15.9. The number of methoxy groups -OCH3 is 1. The van der Waals surface area contributed by atoms with Gasteiger partial charge in [0.1, 0.15) is 5.75 Å². The Morgan fingerprint density at radius 1 is 1.07 bits per heavy atom. The molecule has 2 atom stereocenters. The van der Waals surface area contributed by atoms with Crippen molar-refractivity contribution in [2.75, 3.05) is 12.4 Å². The van der Waals surface area contributed by atoms with E-state index in [0.29, 0.717) is 0 Å². The minimum absolute atomic E-state index is 0.0481. The highest BCUT2D eigenvalue weighted by Gasteiger charge is 2.38. The van der Waals surface area contributed by atoms with E-state index in [1.165, 1.54) is 11.1 Å². The number of ether oxygens (including phenoxy) is 1. The van der Waals surface area contributed by atoms with Crippen molar-refractivity contribution in [1.29, 1.82) is 0 Å². The molecule has 4 rings (SSSR count). The van der Waals surface area contributed by atoms with Crippen LogP contribution in [0.1, 0.15) is 36.1 Å². The Labute approximate surface area is 164 Å². The molecule has 0 amide bonds. The highest BCUT2D eigenvalue weighted by atomic mass is 16.6. The van der Waals surface area contributed by atoms with Gasteiger partial charge in [0.25, 0.3) is 5.69 Å². The van der Waals surface area contributed by atoms with E-state index in [9.17, 15) is 10.1 Å². The van der Waals surface area contributed by atoms with Crippen molar-refractivity contribution in [1.82, 2.24) is 0 Å². The lowest BCUT2D eigenvalue weighted by Crippen LogP contribution is -2.34. The summed E-state index contributed by atoms with van der Waals surface area (Å²) in [6.45, 7) is 2.25. The van der Waals surface area contributed by atoms with E-state index >= 15 is 0 Å². The van der Waals surface area contributed by atoms with Crippen molar-refractivity contribution in [2.24, 2.45) is 0 Å². The molecular formula is C23H22N2O3. The van der Waals surface area contributed by atoms with Gasteiger partial charge >= 0.3 is 0 Å². The Balaban J connectivity index is 1.80. The number of rotatable bonds is 4. The van der Waals surface area contributed by atoms with Crippen molar-refractivity contribution in [3.05, 3.63) is 99.6 Å². The Kier molecular flexibility index (Phi) is 4.51. The summed E-state index contributed by atoms with van der Waals surface area (Å²) in [5, 5.41) is 14.6. The molecule has 0 fully saturated rings. The third-order valence-corrected chi connectivity index (χ3v) is 5.68. The number of nitro benzene ring substituents is 1. The summed E-state index contributed by atoms with van der Waals surface area (Å²) in [6, 6.07) is 23.4. The third-order valence-electron chi connectivity index (χ3n) is 5.68. The van der Waals surface area contributed by atoms with Crippen LogP contribution in [0.4, 0.5) is 11.4 Å². The van der Waals surface area contributed by atoms with E-state index in [2.05, 4.69) is 42.6 Å². The fraction of sp³-hybridized carbons (Fsp3) is 0.217. The number of anilines is 1. The molecular weight excluding hydrogens is 352 g/mol. The number of nitrogens with zero attached hydrogens (tertiary/aromatic N) is 1. The average Bonchev–Trinajstić information content (AvgIpc) is 2.74. The van der Waals surface area contributed by atoms with E-state index in [1.54, 1.807) is 19.2 Å². The third kappa shape index (κ3) is 3.09. The van der Waals surface area contributed by atoms with Crippen LogP contribution < -0.4 is 10.1 Å². The topological polar surface area (TPSA) is 64.4 Å². The van der Waals surface area contributed by atoms with Crippen molar-refractivity contribution >= 4 is 11.4 Å². The fourth-order valence-corrected chi connectivity index (χ4v) is 4.10. The summed E-state index contributed by atoms with van der Waals surface area (Å²) >= 11 is 0. The van der Waals surface area contributed by atoms with Gasteiger partial charge in [0.15, 0.2) is 0 Å². The van der Waals surface area contributed by atoms with Gasteiger partial charge in [-0.1, -0.05) is 49.4 Å². The van der Waals surface area contributed by atoms with Gasteiger partial charge < -0.3 is 10.1 Å². The number of hydrogen-bond donors (Lipinski definition) is 1. The molecule has 3 aromatic rings. The van der Waals surface area contributed by atoms with Crippen LogP contribution in [0.3, 0.4) is 0 Å². The summed E-state index contributed by atoms with van der Waals surface area (Å²) in [4.78, 5) is 10.6. The van der Waals surface area contributed by atoms with Crippen molar-refractivity contribution in [3.8, 4) is 5.75 Å². The second-order valence-electron chi connectivity index (χ2n) is 7.36. The molecule has 0 aliphatic carbocycles. The van der Waals surface area contributed by atoms with Gasteiger partial charge in [0, 0.05) is 23.2 Å². The monoisotopic (exact) mass is 374 g/mol.